The Hall–Kier alpha value is -2.74. The molecule has 0 radical (unpaired) electrons. The van der Waals surface area contributed by atoms with Crippen molar-refractivity contribution >= 4 is 23.7 Å². The number of ether oxygens (including phenoxy) is 6. The van der Waals surface area contributed by atoms with Gasteiger partial charge in [0.15, 0.2) is 36.9 Å². The molecule has 1 unspecified atom stereocenters. The second kappa shape index (κ2) is 18.0. The molecule has 0 amide bonds. The molecule has 24 atom stereocenters. The summed E-state index contributed by atoms with van der Waals surface area (Å²) >= 11 is 0. The smallest absolute Gasteiger partial charge is 0.335 e. The van der Waals surface area contributed by atoms with Gasteiger partial charge in [0.05, 0.1) is 18.1 Å². The van der Waals surface area contributed by atoms with Crippen molar-refractivity contribution in [2.75, 3.05) is 6.61 Å². The Morgan fingerprint density at radius 1 is 0.638 bits per heavy atom. The average Bonchev–Trinajstić information content (AvgIpc) is 3.27. The minimum absolute atomic E-state index is 0.0263. The number of hydrogen-bond donors (Lipinski definition) is 11. The normalized spacial score (nSPS) is 52.8. The Morgan fingerprint density at radius 2 is 1.22 bits per heavy atom. The van der Waals surface area contributed by atoms with Crippen molar-refractivity contribution in [2.24, 2.45) is 50.2 Å². The molecule has 0 aromatic heterocycles. The van der Waals surface area contributed by atoms with Crippen LogP contribution in [0.3, 0.4) is 0 Å². The van der Waals surface area contributed by atoms with Gasteiger partial charge in [-0.05, 0) is 110 Å². The van der Waals surface area contributed by atoms with Crippen molar-refractivity contribution in [3.63, 3.8) is 0 Å². The van der Waals surface area contributed by atoms with Crippen LogP contribution in [0, 0.1) is 50.2 Å². The van der Waals surface area contributed by atoms with E-state index in [0.29, 0.717) is 38.5 Å². The summed E-state index contributed by atoms with van der Waals surface area (Å²) in [6, 6.07) is 0. The lowest BCUT2D eigenvalue weighted by molar-refractivity contribution is -0.384. The van der Waals surface area contributed by atoms with Crippen molar-refractivity contribution < 1.29 is 104 Å². The topological polar surface area (TPSA) is 346 Å². The van der Waals surface area contributed by atoms with Crippen LogP contribution in [0.25, 0.3) is 0 Å². The molecular weight excluding hydrogens is 913 g/mol. The second-order valence-electron chi connectivity index (χ2n) is 23.4. The molecule has 11 N–H and O–H groups in total. The molecule has 3 saturated heterocycles. The molecule has 8 rings (SSSR count). The Labute approximate surface area is 399 Å². The van der Waals surface area contributed by atoms with Gasteiger partial charge in [-0.25, -0.2) is 9.59 Å². The van der Waals surface area contributed by atoms with Crippen LogP contribution in [0.4, 0.5) is 0 Å². The van der Waals surface area contributed by atoms with Gasteiger partial charge in [0, 0.05) is 5.92 Å². The van der Waals surface area contributed by atoms with Crippen LogP contribution in [-0.4, -0.2) is 185 Å². The number of fused-ring (bicyclic) bond motifs is 7. The highest BCUT2D eigenvalue weighted by Crippen LogP contribution is 2.75. The number of rotatable bonds is 10. The zero-order valence-electron chi connectivity index (χ0n) is 40.1. The van der Waals surface area contributed by atoms with Crippen LogP contribution >= 0.6 is 0 Å². The first-order valence-electron chi connectivity index (χ1n) is 24.3. The molecule has 21 nitrogen and oxygen atoms in total. The number of aliphatic carboxylic acids is 3. The van der Waals surface area contributed by atoms with E-state index in [1.807, 2.05) is 26.8 Å². The van der Waals surface area contributed by atoms with Gasteiger partial charge in [-0.1, -0.05) is 47.1 Å². The SMILES string of the molecule is CC1(C)[C@@H](O[C@@H]2O[C@H](C(=O)O)[C@@H](O)[C@H](O)[C@H]2O[C@@H]2O[C@H](C(=O)O)[C@@H](O[C@H]3O[C@H](CO)[C@@H](O)[C@H](O)[C@H]3O)[C@H](O)[C@H]2O)CC[C@]2(C)[C@H]3C(=O)C=C4C5C[C@@](C)(C(=O)O)CC[C@]5(C)CC[C@@]4(C)[C@]3(C)CC[C@@H]12. The minimum Gasteiger partial charge on any atom is -0.481 e. The largest absolute Gasteiger partial charge is 0.481 e. The highest BCUT2D eigenvalue weighted by molar-refractivity contribution is 5.95. The number of aliphatic hydroxyl groups excluding tert-OH is 8. The van der Waals surface area contributed by atoms with Crippen molar-refractivity contribution in [3.8, 4) is 0 Å². The van der Waals surface area contributed by atoms with Crippen molar-refractivity contribution in [3.05, 3.63) is 11.6 Å². The lowest BCUT2D eigenvalue weighted by Crippen LogP contribution is -2.68. The van der Waals surface area contributed by atoms with E-state index in [1.54, 1.807) is 0 Å². The number of carbonyl (C=O) groups is 4. The van der Waals surface area contributed by atoms with Crippen LogP contribution < -0.4 is 0 Å². The average molecular weight is 985 g/mol. The van der Waals surface area contributed by atoms with Gasteiger partial charge in [-0.15, -0.1) is 0 Å². The second-order valence-corrected chi connectivity index (χ2v) is 23.4. The Bertz CT molecular complexity index is 2050. The van der Waals surface area contributed by atoms with Crippen LogP contribution in [-0.2, 0) is 47.6 Å². The number of carboxylic acid groups (broad SMARTS) is 3. The first kappa shape index (κ1) is 52.6. The van der Waals surface area contributed by atoms with Crippen LogP contribution in [0.1, 0.15) is 106 Å². The van der Waals surface area contributed by atoms with E-state index >= 15 is 0 Å². The van der Waals surface area contributed by atoms with E-state index in [-0.39, 0.29) is 28.4 Å². The molecule has 0 aromatic carbocycles. The third-order valence-electron chi connectivity index (χ3n) is 19.3. The fraction of sp³-hybridized carbons (Fsp3) is 0.875. The maximum Gasteiger partial charge on any atom is 0.335 e. The van der Waals surface area contributed by atoms with Gasteiger partial charge in [0.25, 0.3) is 0 Å². The summed E-state index contributed by atoms with van der Waals surface area (Å²) in [6.45, 7) is 13.8. The summed E-state index contributed by atoms with van der Waals surface area (Å²) in [5.74, 6) is -4.85. The molecule has 390 valence electrons. The van der Waals surface area contributed by atoms with E-state index in [4.69, 9.17) is 28.4 Å². The van der Waals surface area contributed by atoms with Crippen molar-refractivity contribution in [1.29, 1.82) is 0 Å². The van der Waals surface area contributed by atoms with E-state index < -0.39 is 150 Å². The maximum atomic E-state index is 15.0. The number of aliphatic hydroxyl groups is 8. The molecule has 7 fully saturated rings. The van der Waals surface area contributed by atoms with E-state index in [1.165, 1.54) is 0 Å². The molecule has 69 heavy (non-hydrogen) atoms. The molecule has 0 spiro atoms. The molecule has 21 heteroatoms. The Balaban J connectivity index is 1.04. The first-order chi connectivity index (χ1) is 32.0. The molecule has 0 bridgehead atoms. The number of ketones is 1. The number of carbonyl (C=O) groups excluding carboxylic acids is 1. The Kier molecular flexibility index (Phi) is 13.7. The number of hydrogen-bond acceptors (Lipinski definition) is 18. The van der Waals surface area contributed by atoms with E-state index in [0.717, 1.165) is 24.8 Å². The Morgan fingerprint density at radius 3 is 1.84 bits per heavy atom. The maximum absolute atomic E-state index is 15.0. The van der Waals surface area contributed by atoms with Gasteiger partial charge in [0.1, 0.15) is 61.0 Å². The monoisotopic (exact) mass is 984 g/mol. The summed E-state index contributed by atoms with van der Waals surface area (Å²) in [5.41, 5.74) is -2.14. The highest BCUT2D eigenvalue weighted by atomic mass is 16.8. The van der Waals surface area contributed by atoms with Gasteiger partial charge < -0.3 is 84.6 Å². The zero-order chi connectivity index (χ0) is 50.9. The molecule has 4 saturated carbocycles. The summed E-state index contributed by atoms with van der Waals surface area (Å²) in [6.07, 6.45) is -23.2. The molecule has 0 aromatic rings. The fourth-order valence-corrected chi connectivity index (χ4v) is 14.8. The molecule has 3 aliphatic heterocycles. The molecular formula is C48H72O21. The summed E-state index contributed by atoms with van der Waals surface area (Å²) in [7, 11) is 0. The summed E-state index contributed by atoms with van der Waals surface area (Å²) < 4.78 is 34.8. The predicted molar refractivity (Wildman–Crippen MR) is 232 cm³/mol. The van der Waals surface area contributed by atoms with E-state index in [2.05, 4.69) is 27.7 Å². The van der Waals surface area contributed by atoms with Crippen molar-refractivity contribution in [1.82, 2.24) is 0 Å². The van der Waals surface area contributed by atoms with Crippen LogP contribution in [0.5, 0.6) is 0 Å². The van der Waals surface area contributed by atoms with Gasteiger partial charge in [-0.3, -0.25) is 9.59 Å². The van der Waals surface area contributed by atoms with Crippen LogP contribution in [0.2, 0.25) is 0 Å². The molecule has 5 aliphatic carbocycles. The fourth-order valence-electron chi connectivity index (χ4n) is 14.8. The zero-order valence-corrected chi connectivity index (χ0v) is 40.1. The first-order valence-corrected chi connectivity index (χ1v) is 24.3. The lowest BCUT2D eigenvalue weighted by Gasteiger charge is -2.70. The number of allylic oxidation sites excluding steroid dienone is 2. The number of carboxylic acids is 3. The van der Waals surface area contributed by atoms with Crippen LogP contribution in [0.15, 0.2) is 11.6 Å². The highest BCUT2D eigenvalue weighted by Gasteiger charge is 2.71. The van der Waals surface area contributed by atoms with Gasteiger partial charge >= 0.3 is 17.9 Å². The third kappa shape index (κ3) is 8.13. The predicted octanol–water partition coefficient (Wildman–Crippen LogP) is 0.0698. The third-order valence-corrected chi connectivity index (χ3v) is 19.3. The molecule has 3 heterocycles. The quantitative estimate of drug-likeness (QED) is 0.129. The lowest BCUT2D eigenvalue weighted by atomic mass is 9.33. The summed E-state index contributed by atoms with van der Waals surface area (Å²) in [5, 5.41) is 116. The molecule has 8 aliphatic rings. The summed E-state index contributed by atoms with van der Waals surface area (Å²) in [4.78, 5) is 52.5. The standard InChI is InChI=1S/C48H72O21/c1-43(2)23-8-11-48(7)36(21(50)16-19-20-17-45(4,42(62)63)13-12-44(20,3)14-15-47(19,48)6)46(23,5)10-9-24(43)65-41-34(28(54)27(53)33(67-41)37(58)59)68-40-31(57)29(55)32(35(69-40)38(60)61)66-39-30(56)26(52)25(51)22(18-49)64-39/h16,20,22-36,39-41,49,51-57H,8-15,17-18H2,1-7H3,(H,58,59)(H,60,61)(H,62,63)/t20?,22-,23+,24+,25-,26+,27+,28+,29-,30-,31-,32+,33+,34-,35+,36-,39-,40-,41-,44-,45+,46+,47-,48-/m1/s1. The minimum atomic E-state index is -2.22. The van der Waals surface area contributed by atoms with Crippen molar-refractivity contribution in [2.45, 2.75) is 204 Å². The van der Waals surface area contributed by atoms with Gasteiger partial charge in [0.2, 0.25) is 0 Å². The van der Waals surface area contributed by atoms with Gasteiger partial charge in [-0.2, -0.15) is 0 Å². The van der Waals surface area contributed by atoms with E-state index in [9.17, 15) is 75.3 Å².